The van der Waals surface area contributed by atoms with Gasteiger partial charge >= 0.3 is 12.0 Å². The van der Waals surface area contributed by atoms with E-state index in [4.69, 9.17) is 0 Å². The van der Waals surface area contributed by atoms with Gasteiger partial charge in [-0.15, -0.1) is 0 Å². The largest absolute Gasteiger partial charge is 0.481 e. The number of hydrogen-bond acceptors (Lipinski definition) is 2. The molecule has 0 bridgehead atoms. The molecule has 0 heterocycles. The first-order valence-corrected chi connectivity index (χ1v) is 7.87. The number of urea groups is 1. The third-order valence-electron chi connectivity index (χ3n) is 3.74. The molecule has 0 aliphatic heterocycles. The van der Waals surface area contributed by atoms with Crippen LogP contribution in [-0.2, 0) is 4.79 Å². The van der Waals surface area contributed by atoms with Crippen LogP contribution >= 0.6 is 0 Å². The molecule has 2 amide bonds. The molecule has 2 N–H and O–H groups in total. The summed E-state index contributed by atoms with van der Waals surface area (Å²) in [7, 11) is 0. The van der Waals surface area contributed by atoms with Crippen LogP contribution in [0.4, 0.5) is 4.79 Å². The number of carbonyl (C=O) groups is 2. The van der Waals surface area contributed by atoms with Crippen LogP contribution in [0.1, 0.15) is 53.9 Å². The molecule has 1 fully saturated rings. The van der Waals surface area contributed by atoms with Crippen LogP contribution in [0.25, 0.3) is 0 Å². The number of nitrogens with one attached hydrogen (secondary N) is 1. The molecule has 0 aromatic rings. The van der Waals surface area contributed by atoms with Crippen molar-refractivity contribution in [1.82, 2.24) is 10.2 Å². The van der Waals surface area contributed by atoms with Crippen LogP contribution in [0.3, 0.4) is 0 Å². The first kappa shape index (κ1) is 17.8. The average molecular weight is 298 g/mol. The number of aliphatic carboxylic acids is 1. The Morgan fingerprint density at radius 1 is 1.29 bits per heavy atom. The SMILES string of the molecule is CC(C)N(CC1CC1)C(=O)NCC(CC(C)(C)C)C(=O)O. The van der Waals surface area contributed by atoms with Crippen molar-refractivity contribution in [2.75, 3.05) is 13.1 Å². The van der Waals surface area contributed by atoms with Gasteiger partial charge in [-0.25, -0.2) is 4.79 Å². The van der Waals surface area contributed by atoms with Gasteiger partial charge in [0.25, 0.3) is 0 Å². The van der Waals surface area contributed by atoms with Crippen LogP contribution in [0.15, 0.2) is 0 Å². The fraction of sp³-hybridized carbons (Fsp3) is 0.875. The second-order valence-electron chi connectivity index (χ2n) is 7.68. The number of nitrogens with zero attached hydrogens (tertiary/aromatic N) is 1. The summed E-state index contributed by atoms with van der Waals surface area (Å²) in [6.07, 6.45) is 2.93. The van der Waals surface area contributed by atoms with Crippen molar-refractivity contribution in [1.29, 1.82) is 0 Å². The van der Waals surface area contributed by atoms with Gasteiger partial charge in [0.15, 0.2) is 0 Å². The number of carboxylic acid groups (broad SMARTS) is 1. The quantitative estimate of drug-likeness (QED) is 0.759. The summed E-state index contributed by atoms with van der Waals surface area (Å²) in [5.74, 6) is -0.754. The minimum Gasteiger partial charge on any atom is -0.481 e. The highest BCUT2D eigenvalue weighted by atomic mass is 16.4. The predicted octanol–water partition coefficient (Wildman–Crippen LogP) is 2.95. The summed E-state index contributed by atoms with van der Waals surface area (Å²) in [4.78, 5) is 25.4. The molecule has 1 atom stereocenters. The molecule has 5 nitrogen and oxygen atoms in total. The molecule has 1 rings (SSSR count). The van der Waals surface area contributed by atoms with Gasteiger partial charge in [0.05, 0.1) is 5.92 Å². The normalized spacial score (nSPS) is 16.7. The highest BCUT2D eigenvalue weighted by Crippen LogP contribution is 2.30. The number of amides is 2. The first-order chi connectivity index (χ1) is 9.60. The molecule has 0 radical (unpaired) electrons. The Morgan fingerprint density at radius 3 is 2.24 bits per heavy atom. The van der Waals surface area contributed by atoms with Gasteiger partial charge in [-0.2, -0.15) is 0 Å². The van der Waals surface area contributed by atoms with E-state index >= 15 is 0 Å². The summed E-state index contributed by atoms with van der Waals surface area (Å²) in [6, 6.07) is -0.00597. The minimum atomic E-state index is -0.844. The second-order valence-corrected chi connectivity index (χ2v) is 7.68. The van der Waals surface area contributed by atoms with Gasteiger partial charge in [-0.05, 0) is 44.4 Å². The molecule has 0 aromatic carbocycles. The zero-order valence-electron chi connectivity index (χ0n) is 14.0. The maximum atomic E-state index is 12.3. The predicted molar refractivity (Wildman–Crippen MR) is 83.2 cm³/mol. The maximum Gasteiger partial charge on any atom is 0.317 e. The Hall–Kier alpha value is -1.26. The fourth-order valence-corrected chi connectivity index (χ4v) is 2.40. The summed E-state index contributed by atoms with van der Waals surface area (Å²) in [5, 5.41) is 12.1. The summed E-state index contributed by atoms with van der Waals surface area (Å²) in [5.41, 5.74) is -0.0699. The van der Waals surface area contributed by atoms with Crippen molar-refractivity contribution in [2.24, 2.45) is 17.3 Å². The standard InChI is InChI=1S/C16H30N2O3/c1-11(2)18(10-12-6-7-12)15(21)17-9-13(14(19)20)8-16(3,4)5/h11-13H,6-10H2,1-5H3,(H,17,21)(H,19,20). The van der Waals surface area contributed by atoms with E-state index < -0.39 is 11.9 Å². The van der Waals surface area contributed by atoms with Gasteiger partial charge in [0.1, 0.15) is 0 Å². The summed E-state index contributed by atoms with van der Waals surface area (Å²) >= 11 is 0. The lowest BCUT2D eigenvalue weighted by Crippen LogP contribution is -2.47. The Bertz CT molecular complexity index is 370. The van der Waals surface area contributed by atoms with Crippen molar-refractivity contribution >= 4 is 12.0 Å². The lowest BCUT2D eigenvalue weighted by Gasteiger charge is -2.29. The van der Waals surface area contributed by atoms with E-state index in [0.29, 0.717) is 12.3 Å². The molecular weight excluding hydrogens is 268 g/mol. The monoisotopic (exact) mass is 298 g/mol. The number of hydrogen-bond donors (Lipinski definition) is 2. The van der Waals surface area contributed by atoms with Crippen LogP contribution in [0, 0.1) is 17.3 Å². The molecule has 0 aromatic heterocycles. The zero-order valence-corrected chi connectivity index (χ0v) is 14.0. The molecular formula is C16H30N2O3. The fourth-order valence-electron chi connectivity index (χ4n) is 2.40. The molecule has 1 unspecified atom stereocenters. The van der Waals surface area contributed by atoms with Crippen molar-refractivity contribution < 1.29 is 14.7 Å². The van der Waals surface area contributed by atoms with Crippen molar-refractivity contribution in [3.63, 3.8) is 0 Å². The van der Waals surface area contributed by atoms with E-state index in [1.165, 1.54) is 12.8 Å². The Kier molecular flexibility index (Phi) is 6.05. The maximum absolute atomic E-state index is 12.3. The summed E-state index contributed by atoms with van der Waals surface area (Å²) < 4.78 is 0. The zero-order chi connectivity index (χ0) is 16.2. The van der Waals surface area contributed by atoms with Gasteiger partial charge < -0.3 is 15.3 Å². The Balaban J connectivity index is 2.52. The van der Waals surface area contributed by atoms with E-state index in [2.05, 4.69) is 5.32 Å². The van der Waals surface area contributed by atoms with E-state index in [1.54, 1.807) is 0 Å². The summed E-state index contributed by atoms with van der Waals surface area (Å²) in [6.45, 7) is 11.0. The number of rotatable bonds is 7. The third-order valence-corrected chi connectivity index (χ3v) is 3.74. The van der Waals surface area contributed by atoms with Crippen LogP contribution in [-0.4, -0.2) is 41.1 Å². The van der Waals surface area contributed by atoms with E-state index in [9.17, 15) is 14.7 Å². The molecule has 5 heteroatoms. The van der Waals surface area contributed by atoms with Crippen LogP contribution < -0.4 is 5.32 Å². The van der Waals surface area contributed by atoms with Gasteiger partial charge in [0, 0.05) is 19.1 Å². The molecule has 1 aliphatic rings. The van der Waals surface area contributed by atoms with Crippen LogP contribution in [0.5, 0.6) is 0 Å². The van der Waals surface area contributed by atoms with Gasteiger partial charge in [-0.3, -0.25) is 4.79 Å². The number of carboxylic acids is 1. The number of carbonyl (C=O) groups excluding carboxylic acids is 1. The highest BCUT2D eigenvalue weighted by Gasteiger charge is 2.29. The van der Waals surface area contributed by atoms with E-state index in [1.807, 2.05) is 39.5 Å². The van der Waals surface area contributed by atoms with Crippen molar-refractivity contribution in [2.45, 2.75) is 59.9 Å². The minimum absolute atomic E-state index is 0.0699. The lowest BCUT2D eigenvalue weighted by atomic mass is 9.84. The Labute approximate surface area is 128 Å². The molecule has 122 valence electrons. The topological polar surface area (TPSA) is 69.6 Å². The Morgan fingerprint density at radius 2 is 1.86 bits per heavy atom. The van der Waals surface area contributed by atoms with Gasteiger partial charge in [0.2, 0.25) is 0 Å². The smallest absolute Gasteiger partial charge is 0.317 e. The van der Waals surface area contributed by atoms with E-state index in [0.717, 1.165) is 6.54 Å². The van der Waals surface area contributed by atoms with Crippen molar-refractivity contribution in [3.8, 4) is 0 Å². The van der Waals surface area contributed by atoms with E-state index in [-0.39, 0.29) is 24.0 Å². The van der Waals surface area contributed by atoms with Gasteiger partial charge in [-0.1, -0.05) is 20.8 Å². The second kappa shape index (κ2) is 7.14. The molecule has 21 heavy (non-hydrogen) atoms. The lowest BCUT2D eigenvalue weighted by molar-refractivity contribution is -0.142. The van der Waals surface area contributed by atoms with Crippen LogP contribution in [0.2, 0.25) is 0 Å². The highest BCUT2D eigenvalue weighted by molar-refractivity contribution is 5.76. The molecule has 1 aliphatic carbocycles. The average Bonchev–Trinajstić information content (AvgIpc) is 3.12. The first-order valence-electron chi connectivity index (χ1n) is 7.87. The third kappa shape index (κ3) is 6.82. The van der Waals surface area contributed by atoms with Crippen molar-refractivity contribution in [3.05, 3.63) is 0 Å². The molecule has 1 saturated carbocycles. The molecule has 0 saturated heterocycles. The molecule has 0 spiro atoms.